The summed E-state index contributed by atoms with van der Waals surface area (Å²) in [6, 6.07) is 7.02. The van der Waals surface area contributed by atoms with E-state index in [0.717, 1.165) is 36.7 Å². The van der Waals surface area contributed by atoms with Crippen LogP contribution in [-0.2, 0) is 14.3 Å². The van der Waals surface area contributed by atoms with Gasteiger partial charge >= 0.3 is 5.97 Å². The van der Waals surface area contributed by atoms with Gasteiger partial charge in [0.05, 0.1) is 0 Å². The van der Waals surface area contributed by atoms with Crippen molar-refractivity contribution in [3.63, 3.8) is 0 Å². The van der Waals surface area contributed by atoms with Crippen LogP contribution in [0.4, 0.5) is 0 Å². The van der Waals surface area contributed by atoms with Gasteiger partial charge in [-0.3, -0.25) is 14.4 Å². The number of hydrogen-bond donors (Lipinski definition) is 1. The van der Waals surface area contributed by atoms with Crippen molar-refractivity contribution in [1.29, 1.82) is 0 Å². The zero-order chi connectivity index (χ0) is 18.2. The van der Waals surface area contributed by atoms with Gasteiger partial charge in [-0.25, -0.2) is 0 Å². The molecule has 2 rings (SSSR count). The van der Waals surface area contributed by atoms with Gasteiger partial charge in [0.15, 0.2) is 6.61 Å². The van der Waals surface area contributed by atoms with Gasteiger partial charge in [0.1, 0.15) is 6.54 Å². The van der Waals surface area contributed by atoms with Crippen molar-refractivity contribution in [1.82, 2.24) is 10.2 Å². The largest absolute Gasteiger partial charge is 0.454 e. The number of ether oxygens (including phenoxy) is 1. The molecule has 0 aliphatic carbocycles. The maximum absolute atomic E-state index is 12.2. The molecule has 7 heteroatoms. The third-order valence-electron chi connectivity index (χ3n) is 4.28. The number of benzene rings is 1. The Balaban J connectivity index is 1.73. The lowest BCUT2D eigenvalue weighted by Crippen LogP contribution is -2.45. The minimum atomic E-state index is -0.621. The highest BCUT2D eigenvalue weighted by Gasteiger charge is 2.25. The normalized spacial score (nSPS) is 17.0. The van der Waals surface area contributed by atoms with Crippen LogP contribution in [0.15, 0.2) is 28.7 Å². The summed E-state index contributed by atoms with van der Waals surface area (Å²) in [6.07, 6.45) is 4.02. The summed E-state index contributed by atoms with van der Waals surface area (Å²) in [7, 11) is 0. The molecule has 1 aromatic carbocycles. The molecule has 0 spiro atoms. The molecule has 0 bridgehead atoms. The van der Waals surface area contributed by atoms with E-state index >= 15 is 0 Å². The number of carbonyl (C=O) groups is 3. The summed E-state index contributed by atoms with van der Waals surface area (Å²) >= 11 is 3.29. The molecule has 1 aromatic rings. The third kappa shape index (κ3) is 5.85. The van der Waals surface area contributed by atoms with E-state index in [-0.39, 0.29) is 31.0 Å². The van der Waals surface area contributed by atoms with Gasteiger partial charge in [0.2, 0.25) is 0 Å². The Kier molecular flexibility index (Phi) is 7.43. The van der Waals surface area contributed by atoms with Gasteiger partial charge in [-0.1, -0.05) is 22.9 Å². The third-order valence-corrected chi connectivity index (χ3v) is 4.80. The molecule has 1 saturated heterocycles. The first-order valence-electron chi connectivity index (χ1n) is 8.50. The number of carbonyl (C=O) groups excluding carboxylic acids is 3. The van der Waals surface area contributed by atoms with Crippen LogP contribution in [0.2, 0.25) is 0 Å². The van der Waals surface area contributed by atoms with Crippen LogP contribution in [0, 0.1) is 0 Å². The molecule has 136 valence electrons. The lowest BCUT2D eigenvalue weighted by molar-refractivity contribution is -0.152. The van der Waals surface area contributed by atoms with Crippen LogP contribution in [0.5, 0.6) is 0 Å². The van der Waals surface area contributed by atoms with Gasteiger partial charge in [0.25, 0.3) is 11.8 Å². The van der Waals surface area contributed by atoms with Crippen LogP contribution in [0.3, 0.4) is 0 Å². The molecule has 0 aromatic heterocycles. The Hall–Kier alpha value is -1.89. The van der Waals surface area contributed by atoms with E-state index in [2.05, 4.69) is 28.2 Å². The monoisotopic (exact) mass is 410 g/mol. The Bertz CT molecular complexity index is 618. The van der Waals surface area contributed by atoms with Gasteiger partial charge in [0, 0.05) is 22.6 Å². The van der Waals surface area contributed by atoms with E-state index in [1.165, 1.54) is 0 Å². The first-order valence-corrected chi connectivity index (χ1v) is 9.29. The average molecular weight is 411 g/mol. The summed E-state index contributed by atoms with van der Waals surface area (Å²) in [5, 5.41) is 2.49. The summed E-state index contributed by atoms with van der Waals surface area (Å²) in [5.74, 6) is -1.15. The molecule has 1 N–H and O–H groups in total. The maximum Gasteiger partial charge on any atom is 0.325 e. The highest BCUT2D eigenvalue weighted by Crippen LogP contribution is 2.19. The predicted octanol–water partition coefficient (Wildman–Crippen LogP) is 2.51. The van der Waals surface area contributed by atoms with E-state index in [0.29, 0.717) is 5.56 Å². The highest BCUT2D eigenvalue weighted by atomic mass is 79.9. The Morgan fingerprint density at radius 1 is 1.24 bits per heavy atom. The zero-order valence-corrected chi connectivity index (χ0v) is 15.9. The van der Waals surface area contributed by atoms with Crippen molar-refractivity contribution in [2.24, 2.45) is 0 Å². The molecular weight excluding hydrogens is 388 g/mol. The average Bonchev–Trinajstić information content (AvgIpc) is 2.64. The Labute approximate surface area is 156 Å². The molecule has 0 radical (unpaired) electrons. The summed E-state index contributed by atoms with van der Waals surface area (Å²) in [4.78, 5) is 37.7. The number of nitrogens with zero attached hydrogens (tertiary/aromatic N) is 1. The SMILES string of the molecule is CC[C@@H]1CCCCN1C(=O)COC(=O)CNC(=O)c1ccc(Br)cc1. The summed E-state index contributed by atoms with van der Waals surface area (Å²) in [6.45, 7) is 2.23. The molecule has 1 atom stereocenters. The molecule has 2 amide bonds. The van der Waals surface area contributed by atoms with Crippen LogP contribution in [-0.4, -0.2) is 48.4 Å². The molecule has 0 unspecified atom stereocenters. The van der Waals surface area contributed by atoms with Crippen molar-refractivity contribution >= 4 is 33.7 Å². The molecule has 25 heavy (non-hydrogen) atoms. The standard InChI is InChI=1S/C18H23BrN2O4/c1-2-15-5-3-4-10-21(15)16(22)12-25-17(23)11-20-18(24)13-6-8-14(19)9-7-13/h6-9,15H,2-5,10-12H2,1H3,(H,20,24)/t15-/m1/s1. The molecule has 0 saturated carbocycles. The first kappa shape index (κ1) is 19.4. The van der Waals surface area contributed by atoms with E-state index in [1.807, 2.05) is 0 Å². The summed E-state index contributed by atoms with van der Waals surface area (Å²) < 4.78 is 5.87. The molecule has 1 aliphatic rings. The van der Waals surface area contributed by atoms with Gasteiger partial charge in [-0.05, 0) is 49.9 Å². The molecule has 1 aliphatic heterocycles. The number of likely N-dealkylation sites (tertiary alicyclic amines) is 1. The van der Waals surface area contributed by atoms with E-state index < -0.39 is 5.97 Å². The summed E-state index contributed by atoms with van der Waals surface area (Å²) in [5.41, 5.74) is 0.450. The van der Waals surface area contributed by atoms with Crippen LogP contribution < -0.4 is 5.32 Å². The number of hydrogen-bond acceptors (Lipinski definition) is 4. The van der Waals surface area contributed by atoms with Crippen molar-refractivity contribution in [2.45, 2.75) is 38.6 Å². The number of piperidine rings is 1. The molecule has 1 heterocycles. The Morgan fingerprint density at radius 3 is 2.64 bits per heavy atom. The number of amides is 2. The number of nitrogens with one attached hydrogen (secondary N) is 1. The molecular formula is C18H23BrN2O4. The van der Waals surface area contributed by atoms with Crippen LogP contribution >= 0.6 is 15.9 Å². The fraction of sp³-hybridized carbons (Fsp3) is 0.500. The molecule has 1 fully saturated rings. The second-order valence-corrected chi connectivity index (χ2v) is 6.91. The van der Waals surface area contributed by atoms with Crippen LogP contribution in [0.25, 0.3) is 0 Å². The van der Waals surface area contributed by atoms with Crippen molar-refractivity contribution in [3.05, 3.63) is 34.3 Å². The minimum absolute atomic E-state index is 0.167. The predicted molar refractivity (Wildman–Crippen MR) is 97.1 cm³/mol. The first-order chi connectivity index (χ1) is 12.0. The maximum atomic E-state index is 12.2. The van der Waals surface area contributed by atoms with Gasteiger partial charge in [-0.2, -0.15) is 0 Å². The minimum Gasteiger partial charge on any atom is -0.454 e. The second kappa shape index (κ2) is 9.56. The quantitative estimate of drug-likeness (QED) is 0.730. The van der Waals surface area contributed by atoms with E-state index in [4.69, 9.17) is 4.74 Å². The van der Waals surface area contributed by atoms with Gasteiger partial charge in [-0.15, -0.1) is 0 Å². The topological polar surface area (TPSA) is 75.7 Å². The smallest absolute Gasteiger partial charge is 0.325 e. The number of rotatable bonds is 6. The Morgan fingerprint density at radius 2 is 1.96 bits per heavy atom. The van der Waals surface area contributed by atoms with Crippen molar-refractivity contribution in [2.75, 3.05) is 19.7 Å². The van der Waals surface area contributed by atoms with Crippen molar-refractivity contribution < 1.29 is 19.1 Å². The van der Waals surface area contributed by atoms with Crippen molar-refractivity contribution in [3.8, 4) is 0 Å². The van der Waals surface area contributed by atoms with E-state index in [1.54, 1.807) is 29.2 Å². The lowest BCUT2D eigenvalue weighted by atomic mass is 10.00. The van der Waals surface area contributed by atoms with Crippen LogP contribution in [0.1, 0.15) is 43.0 Å². The zero-order valence-electron chi connectivity index (χ0n) is 14.3. The number of esters is 1. The fourth-order valence-electron chi connectivity index (χ4n) is 2.89. The lowest BCUT2D eigenvalue weighted by Gasteiger charge is -2.35. The highest BCUT2D eigenvalue weighted by molar-refractivity contribution is 9.10. The molecule has 6 nitrogen and oxygen atoms in total. The fourth-order valence-corrected chi connectivity index (χ4v) is 3.15. The van der Waals surface area contributed by atoms with Gasteiger partial charge < -0.3 is 15.0 Å². The number of halogens is 1. The second-order valence-electron chi connectivity index (χ2n) is 6.00. The van der Waals surface area contributed by atoms with E-state index in [9.17, 15) is 14.4 Å².